The van der Waals surface area contributed by atoms with Gasteiger partial charge in [-0.05, 0) is 30.5 Å². The van der Waals surface area contributed by atoms with Crippen molar-refractivity contribution in [1.29, 1.82) is 0 Å². The van der Waals surface area contributed by atoms with Crippen LogP contribution < -0.4 is 11.1 Å². The molecule has 0 radical (unpaired) electrons. The van der Waals surface area contributed by atoms with Gasteiger partial charge in [-0.1, -0.05) is 23.7 Å². The molecule has 1 amide bonds. The lowest BCUT2D eigenvalue weighted by atomic mass is 10.0. The molecule has 1 aliphatic rings. The SMILES string of the molecule is Nc1nc(C(=O)NC2CCN(Cc3ccc(Cl)cc3)CC2)cs1. The molecule has 23 heavy (non-hydrogen) atoms. The number of piperidine rings is 1. The monoisotopic (exact) mass is 350 g/mol. The normalized spacial score (nSPS) is 16.4. The number of nitrogen functional groups attached to an aromatic ring is 1. The first-order valence-electron chi connectivity index (χ1n) is 7.59. The van der Waals surface area contributed by atoms with Crippen molar-refractivity contribution in [2.75, 3.05) is 18.8 Å². The average Bonchev–Trinajstić information content (AvgIpc) is 2.98. The Hall–Kier alpha value is -1.63. The molecule has 0 aliphatic carbocycles. The van der Waals surface area contributed by atoms with Crippen LogP contribution in [0.2, 0.25) is 5.02 Å². The number of anilines is 1. The van der Waals surface area contributed by atoms with Crippen LogP contribution in [0.15, 0.2) is 29.6 Å². The molecule has 0 spiro atoms. The van der Waals surface area contributed by atoms with E-state index in [0.717, 1.165) is 37.5 Å². The summed E-state index contributed by atoms with van der Waals surface area (Å²) in [5.41, 5.74) is 7.23. The van der Waals surface area contributed by atoms with Crippen molar-refractivity contribution in [1.82, 2.24) is 15.2 Å². The van der Waals surface area contributed by atoms with Crippen molar-refractivity contribution in [2.45, 2.75) is 25.4 Å². The van der Waals surface area contributed by atoms with Crippen LogP contribution in [-0.4, -0.2) is 34.9 Å². The Balaban J connectivity index is 1.46. The number of halogens is 1. The van der Waals surface area contributed by atoms with Crippen molar-refractivity contribution >= 4 is 34.0 Å². The topological polar surface area (TPSA) is 71.2 Å². The van der Waals surface area contributed by atoms with E-state index in [4.69, 9.17) is 17.3 Å². The Morgan fingerprint density at radius 2 is 2.04 bits per heavy atom. The van der Waals surface area contributed by atoms with Crippen LogP contribution in [0.1, 0.15) is 28.9 Å². The number of hydrogen-bond donors (Lipinski definition) is 2. The van der Waals surface area contributed by atoms with Crippen LogP contribution in [0.4, 0.5) is 5.13 Å². The van der Waals surface area contributed by atoms with Gasteiger partial charge in [-0.2, -0.15) is 0 Å². The second-order valence-electron chi connectivity index (χ2n) is 5.72. The summed E-state index contributed by atoms with van der Waals surface area (Å²) in [6.07, 6.45) is 1.89. The number of nitrogens with one attached hydrogen (secondary N) is 1. The standard InChI is InChI=1S/C16H19ClN4OS/c17-12-3-1-11(2-4-12)9-21-7-5-13(6-8-21)19-15(22)14-10-23-16(18)20-14/h1-4,10,13H,5-9H2,(H2,18,20)(H,19,22). The van der Waals surface area contributed by atoms with E-state index in [9.17, 15) is 4.79 Å². The highest BCUT2D eigenvalue weighted by molar-refractivity contribution is 7.13. The van der Waals surface area contributed by atoms with E-state index < -0.39 is 0 Å². The van der Waals surface area contributed by atoms with Crippen molar-refractivity contribution in [2.24, 2.45) is 0 Å². The molecule has 2 aromatic rings. The average molecular weight is 351 g/mol. The van der Waals surface area contributed by atoms with Gasteiger partial charge in [0.15, 0.2) is 5.13 Å². The molecule has 1 saturated heterocycles. The summed E-state index contributed by atoms with van der Waals surface area (Å²) < 4.78 is 0. The largest absolute Gasteiger partial charge is 0.375 e. The van der Waals surface area contributed by atoms with E-state index in [1.165, 1.54) is 16.9 Å². The predicted molar refractivity (Wildman–Crippen MR) is 93.7 cm³/mol. The summed E-state index contributed by atoms with van der Waals surface area (Å²) in [6, 6.07) is 8.16. The van der Waals surface area contributed by atoms with Crippen molar-refractivity contribution in [3.63, 3.8) is 0 Å². The molecular formula is C16H19ClN4OS. The highest BCUT2D eigenvalue weighted by Gasteiger charge is 2.22. The zero-order valence-electron chi connectivity index (χ0n) is 12.7. The lowest BCUT2D eigenvalue weighted by Crippen LogP contribution is -2.44. The van der Waals surface area contributed by atoms with Crippen LogP contribution in [-0.2, 0) is 6.54 Å². The van der Waals surface area contributed by atoms with E-state index >= 15 is 0 Å². The van der Waals surface area contributed by atoms with Gasteiger partial charge in [0.25, 0.3) is 5.91 Å². The van der Waals surface area contributed by atoms with Gasteiger partial charge in [0.2, 0.25) is 0 Å². The third kappa shape index (κ3) is 4.43. The number of carbonyl (C=O) groups excluding carboxylic acids is 1. The van der Waals surface area contributed by atoms with Gasteiger partial charge in [-0.3, -0.25) is 9.69 Å². The smallest absolute Gasteiger partial charge is 0.271 e. The minimum Gasteiger partial charge on any atom is -0.375 e. The Morgan fingerprint density at radius 3 is 2.65 bits per heavy atom. The van der Waals surface area contributed by atoms with Gasteiger partial charge in [0.1, 0.15) is 5.69 Å². The lowest BCUT2D eigenvalue weighted by molar-refractivity contribution is 0.0904. The minimum absolute atomic E-state index is 0.130. The fourth-order valence-electron chi connectivity index (χ4n) is 2.73. The summed E-state index contributed by atoms with van der Waals surface area (Å²) in [6.45, 7) is 2.85. The molecule has 3 N–H and O–H groups in total. The van der Waals surface area contributed by atoms with Crippen molar-refractivity contribution < 1.29 is 4.79 Å². The number of amides is 1. The number of rotatable bonds is 4. The van der Waals surface area contributed by atoms with Gasteiger partial charge in [0, 0.05) is 36.1 Å². The predicted octanol–water partition coefficient (Wildman–Crippen LogP) is 2.77. The summed E-state index contributed by atoms with van der Waals surface area (Å²) in [7, 11) is 0. The zero-order chi connectivity index (χ0) is 16.2. The molecule has 1 fully saturated rings. The van der Waals surface area contributed by atoms with E-state index in [-0.39, 0.29) is 11.9 Å². The van der Waals surface area contributed by atoms with Crippen LogP contribution in [0.25, 0.3) is 0 Å². The number of likely N-dealkylation sites (tertiary alicyclic amines) is 1. The molecule has 7 heteroatoms. The van der Waals surface area contributed by atoms with Gasteiger partial charge in [-0.15, -0.1) is 11.3 Å². The first kappa shape index (κ1) is 16.2. The molecule has 0 unspecified atom stereocenters. The van der Waals surface area contributed by atoms with Crippen LogP contribution in [0.3, 0.4) is 0 Å². The molecule has 0 saturated carbocycles. The van der Waals surface area contributed by atoms with Crippen molar-refractivity contribution in [3.8, 4) is 0 Å². The summed E-state index contributed by atoms with van der Waals surface area (Å²) in [5, 5.41) is 5.93. The second-order valence-corrected chi connectivity index (χ2v) is 7.05. The highest BCUT2D eigenvalue weighted by Crippen LogP contribution is 2.17. The number of nitrogens with zero attached hydrogens (tertiary/aromatic N) is 2. The van der Waals surface area contributed by atoms with Gasteiger partial charge in [-0.25, -0.2) is 4.98 Å². The quantitative estimate of drug-likeness (QED) is 0.889. The first-order valence-corrected chi connectivity index (χ1v) is 8.84. The molecule has 1 aromatic carbocycles. The maximum atomic E-state index is 12.1. The molecule has 1 aliphatic heterocycles. The van der Waals surface area contributed by atoms with Crippen LogP contribution in [0, 0.1) is 0 Å². The van der Waals surface area contributed by atoms with E-state index in [0.29, 0.717) is 10.8 Å². The number of thiazole rings is 1. The fraction of sp³-hybridized carbons (Fsp3) is 0.375. The number of benzene rings is 1. The summed E-state index contributed by atoms with van der Waals surface area (Å²) in [5.74, 6) is -0.130. The Kier molecular flexibility index (Phi) is 5.15. The molecule has 2 heterocycles. The van der Waals surface area contributed by atoms with Crippen molar-refractivity contribution in [3.05, 3.63) is 45.9 Å². The van der Waals surface area contributed by atoms with E-state index in [1.807, 2.05) is 12.1 Å². The Bertz CT molecular complexity index is 665. The summed E-state index contributed by atoms with van der Waals surface area (Å²) in [4.78, 5) is 18.5. The van der Waals surface area contributed by atoms with E-state index in [2.05, 4.69) is 27.3 Å². The lowest BCUT2D eigenvalue weighted by Gasteiger charge is -2.32. The molecule has 5 nitrogen and oxygen atoms in total. The van der Waals surface area contributed by atoms with Gasteiger partial charge in [0.05, 0.1) is 0 Å². The third-order valence-electron chi connectivity index (χ3n) is 4.00. The summed E-state index contributed by atoms with van der Waals surface area (Å²) >= 11 is 7.19. The Morgan fingerprint density at radius 1 is 1.35 bits per heavy atom. The van der Waals surface area contributed by atoms with Crippen LogP contribution in [0.5, 0.6) is 0 Å². The molecule has 122 valence electrons. The molecular weight excluding hydrogens is 332 g/mol. The number of hydrogen-bond acceptors (Lipinski definition) is 5. The van der Waals surface area contributed by atoms with Gasteiger partial charge >= 0.3 is 0 Å². The van der Waals surface area contributed by atoms with Gasteiger partial charge < -0.3 is 11.1 Å². The Labute approximate surface area is 144 Å². The van der Waals surface area contributed by atoms with E-state index in [1.54, 1.807) is 5.38 Å². The molecule has 0 atom stereocenters. The van der Waals surface area contributed by atoms with Crippen LogP contribution >= 0.6 is 22.9 Å². The number of aromatic nitrogens is 1. The molecule has 0 bridgehead atoms. The minimum atomic E-state index is -0.130. The number of nitrogens with two attached hydrogens (primary N) is 1. The second kappa shape index (κ2) is 7.29. The fourth-order valence-corrected chi connectivity index (χ4v) is 3.40. The first-order chi connectivity index (χ1) is 11.1. The maximum absolute atomic E-state index is 12.1. The molecule has 1 aromatic heterocycles. The highest BCUT2D eigenvalue weighted by atomic mass is 35.5. The maximum Gasteiger partial charge on any atom is 0.271 e. The molecule has 3 rings (SSSR count). The number of carbonyl (C=O) groups is 1. The third-order valence-corrected chi connectivity index (χ3v) is 4.92. The zero-order valence-corrected chi connectivity index (χ0v) is 14.2.